The summed E-state index contributed by atoms with van der Waals surface area (Å²) in [6, 6.07) is 5.53. The molecule has 1 fully saturated rings. The molecule has 1 saturated carbocycles. The predicted molar refractivity (Wildman–Crippen MR) is 134 cm³/mol. The first-order valence-electron chi connectivity index (χ1n) is 12.6. The monoisotopic (exact) mass is 507 g/mol. The lowest BCUT2D eigenvalue weighted by molar-refractivity contribution is 0.0638. The van der Waals surface area contributed by atoms with Crippen molar-refractivity contribution in [2.75, 3.05) is 13.1 Å². The van der Waals surface area contributed by atoms with Crippen LogP contribution in [-0.2, 0) is 11.0 Å². The average Bonchev–Trinajstić information content (AvgIpc) is 3.21. The van der Waals surface area contributed by atoms with Crippen molar-refractivity contribution < 1.29 is 18.7 Å². The SMILES string of the molecule is CCN(C[C@@]12CC[C@@H](c3cc(-c4c(F)cccc4F)nnc31)C2(C)C)C(=O)c1cnc(C(C)(C)O)cn1. The molecule has 0 spiro atoms. The molecule has 2 atom stereocenters. The summed E-state index contributed by atoms with van der Waals surface area (Å²) < 4.78 is 29.0. The third-order valence-corrected chi connectivity index (χ3v) is 8.46. The molecule has 2 aliphatic carbocycles. The highest BCUT2D eigenvalue weighted by atomic mass is 19.1. The van der Waals surface area contributed by atoms with E-state index in [4.69, 9.17) is 0 Å². The zero-order valence-electron chi connectivity index (χ0n) is 21.7. The van der Waals surface area contributed by atoms with E-state index in [0.29, 0.717) is 18.8 Å². The number of nitrogens with zero attached hydrogens (tertiary/aromatic N) is 5. The van der Waals surface area contributed by atoms with Gasteiger partial charge in [0.25, 0.3) is 5.91 Å². The predicted octanol–water partition coefficient (Wildman–Crippen LogP) is 4.76. The summed E-state index contributed by atoms with van der Waals surface area (Å²) in [5, 5.41) is 19.0. The molecule has 1 amide bonds. The van der Waals surface area contributed by atoms with Gasteiger partial charge in [-0.05, 0) is 68.7 Å². The number of halogens is 2. The second-order valence-corrected chi connectivity index (χ2v) is 11.2. The summed E-state index contributed by atoms with van der Waals surface area (Å²) in [6.07, 6.45) is 4.54. The number of likely N-dealkylation sites (N-methyl/N-ethyl adjacent to an activating group) is 1. The van der Waals surface area contributed by atoms with Crippen LogP contribution in [0.25, 0.3) is 11.3 Å². The number of rotatable bonds is 6. The summed E-state index contributed by atoms with van der Waals surface area (Å²) in [6.45, 7) is 10.3. The Bertz CT molecular complexity index is 1350. The van der Waals surface area contributed by atoms with Gasteiger partial charge in [-0.15, -0.1) is 0 Å². The molecule has 2 bridgehead atoms. The number of amides is 1. The first-order valence-corrected chi connectivity index (χ1v) is 12.6. The van der Waals surface area contributed by atoms with Crippen molar-refractivity contribution in [3.63, 3.8) is 0 Å². The first kappa shape index (κ1) is 25.3. The molecule has 0 aliphatic heterocycles. The fourth-order valence-corrected chi connectivity index (χ4v) is 6.21. The molecule has 3 aromatic rings. The van der Waals surface area contributed by atoms with Crippen LogP contribution in [0.15, 0.2) is 36.7 Å². The molecule has 1 aromatic carbocycles. The number of carbonyl (C=O) groups excluding carboxylic acids is 1. The van der Waals surface area contributed by atoms with Crippen molar-refractivity contribution in [1.82, 2.24) is 25.1 Å². The van der Waals surface area contributed by atoms with Gasteiger partial charge in [-0.1, -0.05) is 19.9 Å². The van der Waals surface area contributed by atoms with Gasteiger partial charge in [-0.25, -0.2) is 13.8 Å². The summed E-state index contributed by atoms with van der Waals surface area (Å²) in [5.74, 6) is -1.47. The Balaban J connectivity index is 1.50. The molecule has 2 aromatic heterocycles. The lowest BCUT2D eigenvalue weighted by Gasteiger charge is -2.41. The van der Waals surface area contributed by atoms with Crippen LogP contribution in [0.4, 0.5) is 8.78 Å². The highest BCUT2D eigenvalue weighted by Crippen LogP contribution is 2.67. The van der Waals surface area contributed by atoms with Crippen LogP contribution in [0, 0.1) is 17.0 Å². The van der Waals surface area contributed by atoms with E-state index >= 15 is 0 Å². The van der Waals surface area contributed by atoms with E-state index in [1.165, 1.54) is 30.6 Å². The molecule has 2 aliphatic rings. The van der Waals surface area contributed by atoms with Gasteiger partial charge in [0, 0.05) is 18.5 Å². The van der Waals surface area contributed by atoms with E-state index in [1.54, 1.807) is 24.8 Å². The van der Waals surface area contributed by atoms with Crippen molar-refractivity contribution in [2.24, 2.45) is 5.41 Å². The number of carbonyl (C=O) groups is 1. The zero-order valence-corrected chi connectivity index (χ0v) is 21.7. The Labute approximate surface area is 215 Å². The second-order valence-electron chi connectivity index (χ2n) is 11.2. The van der Waals surface area contributed by atoms with Crippen molar-refractivity contribution in [2.45, 2.75) is 64.4 Å². The Morgan fingerprint density at radius 3 is 2.46 bits per heavy atom. The minimum absolute atomic E-state index is 0.131. The number of hydrogen-bond acceptors (Lipinski definition) is 6. The molecule has 9 heteroatoms. The molecule has 2 heterocycles. The second kappa shape index (κ2) is 8.62. The highest BCUT2D eigenvalue weighted by molar-refractivity contribution is 5.92. The maximum absolute atomic E-state index is 14.5. The molecule has 7 nitrogen and oxygen atoms in total. The Morgan fingerprint density at radius 1 is 1.16 bits per heavy atom. The van der Waals surface area contributed by atoms with Crippen LogP contribution in [-0.4, -0.2) is 49.2 Å². The maximum Gasteiger partial charge on any atom is 0.274 e. The summed E-state index contributed by atoms with van der Waals surface area (Å²) in [4.78, 5) is 23.7. The van der Waals surface area contributed by atoms with Gasteiger partial charge >= 0.3 is 0 Å². The van der Waals surface area contributed by atoms with E-state index in [2.05, 4.69) is 34.0 Å². The Morgan fingerprint density at radius 2 is 1.86 bits per heavy atom. The number of hydrogen-bond donors (Lipinski definition) is 1. The smallest absolute Gasteiger partial charge is 0.274 e. The van der Waals surface area contributed by atoms with Crippen molar-refractivity contribution in [1.29, 1.82) is 0 Å². The highest BCUT2D eigenvalue weighted by Gasteiger charge is 2.64. The lowest BCUT2D eigenvalue weighted by Crippen LogP contribution is -2.48. The summed E-state index contributed by atoms with van der Waals surface area (Å²) in [7, 11) is 0. The van der Waals surface area contributed by atoms with Crippen molar-refractivity contribution in [3.8, 4) is 11.3 Å². The van der Waals surface area contributed by atoms with E-state index in [9.17, 15) is 18.7 Å². The first-order chi connectivity index (χ1) is 17.4. The molecule has 37 heavy (non-hydrogen) atoms. The minimum Gasteiger partial charge on any atom is -0.384 e. The van der Waals surface area contributed by atoms with Gasteiger partial charge in [0.05, 0.1) is 35.0 Å². The van der Waals surface area contributed by atoms with E-state index < -0.39 is 22.7 Å². The van der Waals surface area contributed by atoms with Gasteiger partial charge in [0.15, 0.2) is 0 Å². The van der Waals surface area contributed by atoms with Gasteiger partial charge < -0.3 is 10.0 Å². The van der Waals surface area contributed by atoms with Crippen LogP contribution in [0.2, 0.25) is 0 Å². The molecule has 194 valence electrons. The average molecular weight is 508 g/mol. The third kappa shape index (κ3) is 3.82. The van der Waals surface area contributed by atoms with Gasteiger partial charge in [-0.3, -0.25) is 9.78 Å². The van der Waals surface area contributed by atoms with Crippen molar-refractivity contribution >= 4 is 5.91 Å². The van der Waals surface area contributed by atoms with Crippen LogP contribution in [0.3, 0.4) is 0 Å². The zero-order chi connectivity index (χ0) is 26.8. The van der Waals surface area contributed by atoms with Crippen LogP contribution >= 0.6 is 0 Å². The molecule has 0 radical (unpaired) electrons. The number of aliphatic hydroxyl groups is 1. The van der Waals surface area contributed by atoms with Crippen LogP contribution < -0.4 is 0 Å². The molecule has 1 N–H and O–H groups in total. The standard InChI is InChI=1S/C28H31F2N5O2/c1-6-35(25(36)21-13-32-22(14-31-21)27(4,5)37)15-28-11-10-17(26(28,2)3)16-12-20(33-34-24(16)28)23-18(29)8-7-9-19(23)30/h7-9,12-14,17,37H,6,10-11,15H2,1-5H3/t17-,28-/m0/s1. The molecular formula is C28H31F2N5O2. The Kier molecular flexibility index (Phi) is 5.90. The molecule has 0 unspecified atom stereocenters. The Hall–Kier alpha value is -3.33. The number of fused-ring (bicyclic) bond motifs is 5. The maximum atomic E-state index is 14.5. The normalized spacial score (nSPS) is 21.7. The largest absolute Gasteiger partial charge is 0.384 e. The molecule has 0 saturated heterocycles. The minimum atomic E-state index is -1.16. The molecular weight excluding hydrogens is 476 g/mol. The van der Waals surface area contributed by atoms with Gasteiger partial charge in [0.1, 0.15) is 22.9 Å². The van der Waals surface area contributed by atoms with Crippen molar-refractivity contribution in [3.05, 3.63) is 70.9 Å². The topological polar surface area (TPSA) is 92.1 Å². The third-order valence-electron chi connectivity index (χ3n) is 8.46. The number of aromatic nitrogens is 4. The number of benzene rings is 1. The van der Waals surface area contributed by atoms with Gasteiger partial charge in [0.2, 0.25) is 0 Å². The van der Waals surface area contributed by atoms with E-state index in [-0.39, 0.29) is 34.2 Å². The lowest BCUT2D eigenvalue weighted by atomic mass is 9.68. The van der Waals surface area contributed by atoms with Crippen LogP contribution in [0.5, 0.6) is 0 Å². The molecule has 5 rings (SSSR count). The van der Waals surface area contributed by atoms with E-state index in [0.717, 1.165) is 24.1 Å². The van der Waals surface area contributed by atoms with Gasteiger partial charge in [-0.2, -0.15) is 10.2 Å². The fourth-order valence-electron chi connectivity index (χ4n) is 6.21. The fraction of sp³-hybridized carbons (Fsp3) is 0.464. The van der Waals surface area contributed by atoms with E-state index in [1.807, 2.05) is 6.92 Å². The quantitative estimate of drug-likeness (QED) is 0.517. The van der Waals surface area contributed by atoms with Crippen LogP contribution in [0.1, 0.15) is 80.8 Å². The summed E-state index contributed by atoms with van der Waals surface area (Å²) >= 11 is 0. The summed E-state index contributed by atoms with van der Waals surface area (Å²) in [5.41, 5.74) is 0.465.